The fourth-order valence-electron chi connectivity index (χ4n) is 3.16. The molecule has 114 valence electrons. The quantitative estimate of drug-likeness (QED) is 0.762. The van der Waals surface area contributed by atoms with E-state index in [1.807, 2.05) is 0 Å². The summed E-state index contributed by atoms with van der Waals surface area (Å²) < 4.78 is 28.1. The molecule has 0 spiro atoms. The lowest BCUT2D eigenvalue weighted by Crippen LogP contribution is -2.37. The Labute approximate surface area is 125 Å². The highest BCUT2D eigenvalue weighted by molar-refractivity contribution is 7.89. The van der Waals surface area contributed by atoms with Gasteiger partial charge in [0.25, 0.3) is 0 Å². The number of hydrogen-bond acceptors (Lipinski definition) is 3. The fourth-order valence-corrected chi connectivity index (χ4v) is 4.61. The average Bonchev–Trinajstić information content (AvgIpc) is 2.81. The van der Waals surface area contributed by atoms with Crippen LogP contribution in [0.5, 0.6) is 0 Å². The maximum absolute atomic E-state index is 12.6. The smallest absolute Gasteiger partial charge is 0.242 e. The van der Waals surface area contributed by atoms with E-state index in [9.17, 15) is 8.42 Å². The number of nitrogens with one attached hydrogen (secondary N) is 2. The van der Waals surface area contributed by atoms with E-state index in [1.165, 1.54) is 6.42 Å². The molecule has 4 N–H and O–H groups in total. The van der Waals surface area contributed by atoms with E-state index in [-0.39, 0.29) is 10.9 Å². The lowest BCUT2D eigenvalue weighted by atomic mass is 9.88. The number of aromatic nitrogens is 1. The molecule has 2 atom stereocenters. The van der Waals surface area contributed by atoms with E-state index in [0.29, 0.717) is 17.0 Å². The molecule has 2 aromatic rings. The average molecular weight is 307 g/mol. The molecule has 0 radical (unpaired) electrons. The number of benzene rings is 1. The van der Waals surface area contributed by atoms with Crippen molar-refractivity contribution in [3.63, 3.8) is 0 Å². The van der Waals surface area contributed by atoms with Gasteiger partial charge in [-0.05, 0) is 37.0 Å². The molecule has 1 fully saturated rings. The molecule has 21 heavy (non-hydrogen) atoms. The first-order valence-electron chi connectivity index (χ1n) is 7.34. The lowest BCUT2D eigenvalue weighted by Gasteiger charge is -2.27. The third-order valence-electron chi connectivity index (χ3n) is 4.22. The summed E-state index contributed by atoms with van der Waals surface area (Å²) in [6.07, 6.45) is 5.62. The first kappa shape index (κ1) is 14.4. The zero-order chi connectivity index (χ0) is 15.0. The van der Waals surface area contributed by atoms with Crippen molar-refractivity contribution in [3.8, 4) is 0 Å². The molecule has 0 amide bonds. The number of rotatable bonds is 3. The van der Waals surface area contributed by atoms with Gasteiger partial charge in [-0.15, -0.1) is 0 Å². The second-order valence-corrected chi connectivity index (χ2v) is 7.73. The Bertz CT molecular complexity index is 751. The number of hydrogen-bond donors (Lipinski definition) is 3. The van der Waals surface area contributed by atoms with Crippen LogP contribution in [-0.4, -0.2) is 19.4 Å². The SMILES string of the molecule is CC1CCCC(NS(=O)(=O)c2c[nH]c3ccc(N)cc23)C1. The van der Waals surface area contributed by atoms with Crippen LogP contribution in [0, 0.1) is 5.92 Å². The number of aromatic amines is 1. The number of anilines is 1. The van der Waals surface area contributed by atoms with Crippen molar-refractivity contribution in [3.05, 3.63) is 24.4 Å². The largest absolute Gasteiger partial charge is 0.399 e. The Kier molecular flexibility index (Phi) is 3.67. The third-order valence-corrected chi connectivity index (χ3v) is 5.78. The van der Waals surface area contributed by atoms with Crippen LogP contribution < -0.4 is 10.5 Å². The van der Waals surface area contributed by atoms with E-state index < -0.39 is 10.0 Å². The van der Waals surface area contributed by atoms with Gasteiger partial charge in [0.15, 0.2) is 0 Å². The van der Waals surface area contributed by atoms with Gasteiger partial charge in [-0.2, -0.15) is 0 Å². The zero-order valence-corrected chi connectivity index (χ0v) is 12.9. The second kappa shape index (κ2) is 5.35. The van der Waals surface area contributed by atoms with E-state index >= 15 is 0 Å². The summed E-state index contributed by atoms with van der Waals surface area (Å²) in [6.45, 7) is 2.17. The van der Waals surface area contributed by atoms with Crippen molar-refractivity contribution in [1.82, 2.24) is 9.71 Å². The minimum Gasteiger partial charge on any atom is -0.399 e. The van der Waals surface area contributed by atoms with Crippen LogP contribution in [0.4, 0.5) is 5.69 Å². The molecule has 1 aliphatic carbocycles. The standard InChI is InChI=1S/C15H21N3O2S/c1-10-3-2-4-12(7-10)18-21(19,20)15-9-17-14-6-5-11(16)8-13(14)15/h5-6,8-10,12,17-18H,2-4,7,16H2,1H3. The highest BCUT2D eigenvalue weighted by Crippen LogP contribution is 2.28. The molecule has 0 bridgehead atoms. The molecule has 3 rings (SSSR count). The molecule has 1 heterocycles. The maximum Gasteiger partial charge on any atom is 0.242 e. The number of sulfonamides is 1. The summed E-state index contributed by atoms with van der Waals surface area (Å²) >= 11 is 0. The van der Waals surface area contributed by atoms with Crippen molar-refractivity contribution in [2.24, 2.45) is 5.92 Å². The number of fused-ring (bicyclic) bond motifs is 1. The molecule has 2 unspecified atom stereocenters. The van der Waals surface area contributed by atoms with E-state index in [0.717, 1.165) is 24.8 Å². The van der Waals surface area contributed by atoms with Crippen molar-refractivity contribution in [2.45, 2.75) is 43.5 Å². The predicted octanol–water partition coefficient (Wildman–Crippen LogP) is 2.61. The highest BCUT2D eigenvalue weighted by Gasteiger charge is 2.26. The van der Waals surface area contributed by atoms with Gasteiger partial charge in [0, 0.05) is 28.8 Å². The van der Waals surface area contributed by atoms with Crippen LogP contribution in [0.1, 0.15) is 32.6 Å². The molecule has 1 aromatic heterocycles. The van der Waals surface area contributed by atoms with Crippen molar-refractivity contribution >= 4 is 26.6 Å². The van der Waals surface area contributed by atoms with Gasteiger partial charge in [0.2, 0.25) is 10.0 Å². The van der Waals surface area contributed by atoms with Crippen LogP contribution >= 0.6 is 0 Å². The van der Waals surface area contributed by atoms with Crippen molar-refractivity contribution < 1.29 is 8.42 Å². The fraction of sp³-hybridized carbons (Fsp3) is 0.467. The van der Waals surface area contributed by atoms with Crippen molar-refractivity contribution in [2.75, 3.05) is 5.73 Å². The molecule has 1 saturated carbocycles. The van der Waals surface area contributed by atoms with Gasteiger partial charge in [0.1, 0.15) is 4.90 Å². The van der Waals surface area contributed by atoms with Gasteiger partial charge in [0.05, 0.1) is 0 Å². The Balaban J connectivity index is 1.91. The van der Waals surface area contributed by atoms with Crippen molar-refractivity contribution in [1.29, 1.82) is 0 Å². The predicted molar refractivity (Wildman–Crippen MR) is 84.5 cm³/mol. The molecular weight excluding hydrogens is 286 g/mol. The molecule has 1 aliphatic rings. The first-order valence-corrected chi connectivity index (χ1v) is 8.83. The lowest BCUT2D eigenvalue weighted by molar-refractivity contribution is 0.327. The number of H-pyrrole nitrogens is 1. The summed E-state index contributed by atoms with van der Waals surface area (Å²) in [5.74, 6) is 0.574. The first-order chi connectivity index (χ1) is 9.95. The molecule has 5 nitrogen and oxygen atoms in total. The summed E-state index contributed by atoms with van der Waals surface area (Å²) in [5.41, 5.74) is 7.11. The Morgan fingerprint density at radius 2 is 2.14 bits per heavy atom. The maximum atomic E-state index is 12.6. The highest BCUT2D eigenvalue weighted by atomic mass is 32.2. The molecule has 0 saturated heterocycles. The second-order valence-electron chi connectivity index (χ2n) is 6.05. The van der Waals surface area contributed by atoms with Gasteiger partial charge >= 0.3 is 0 Å². The minimum absolute atomic E-state index is 0.0322. The Morgan fingerprint density at radius 3 is 2.90 bits per heavy atom. The van der Waals surface area contributed by atoms with Crippen LogP contribution in [0.3, 0.4) is 0 Å². The molecule has 1 aromatic carbocycles. The molecule has 0 aliphatic heterocycles. The van der Waals surface area contributed by atoms with E-state index in [1.54, 1.807) is 24.4 Å². The minimum atomic E-state index is -3.52. The molecular formula is C15H21N3O2S. The normalized spacial score (nSPS) is 23.5. The van der Waals surface area contributed by atoms with Crippen LogP contribution in [-0.2, 0) is 10.0 Å². The van der Waals surface area contributed by atoms with E-state index in [4.69, 9.17) is 5.73 Å². The summed E-state index contributed by atoms with van der Waals surface area (Å²) in [7, 11) is -3.52. The van der Waals surface area contributed by atoms with Crippen LogP contribution in [0.15, 0.2) is 29.3 Å². The van der Waals surface area contributed by atoms with Gasteiger partial charge < -0.3 is 10.7 Å². The van der Waals surface area contributed by atoms with E-state index in [2.05, 4.69) is 16.6 Å². The number of nitrogens with two attached hydrogens (primary N) is 1. The zero-order valence-electron chi connectivity index (χ0n) is 12.1. The molecule has 6 heteroatoms. The summed E-state index contributed by atoms with van der Waals surface area (Å²) in [4.78, 5) is 3.27. The third kappa shape index (κ3) is 2.91. The van der Waals surface area contributed by atoms with Gasteiger partial charge in [-0.1, -0.05) is 19.8 Å². The van der Waals surface area contributed by atoms with Gasteiger partial charge in [-0.25, -0.2) is 13.1 Å². The summed E-state index contributed by atoms with van der Waals surface area (Å²) in [6, 6.07) is 5.28. The van der Waals surface area contributed by atoms with Gasteiger partial charge in [-0.3, -0.25) is 0 Å². The Hall–Kier alpha value is -1.53. The summed E-state index contributed by atoms with van der Waals surface area (Å²) in [5, 5.41) is 0.645. The monoisotopic (exact) mass is 307 g/mol. The van der Waals surface area contributed by atoms with Crippen LogP contribution in [0.25, 0.3) is 10.9 Å². The number of nitrogen functional groups attached to an aromatic ring is 1. The van der Waals surface area contributed by atoms with Crippen LogP contribution in [0.2, 0.25) is 0 Å². The topological polar surface area (TPSA) is 88.0 Å². The Morgan fingerprint density at radius 1 is 1.33 bits per heavy atom.